The van der Waals surface area contributed by atoms with Crippen LogP contribution in [0.2, 0.25) is 35.2 Å². The van der Waals surface area contributed by atoms with Gasteiger partial charge in [-0.1, -0.05) is 118 Å². The number of nitrogen functional groups attached to an aromatic ring is 1. The number of carbonyl (C=O) groups is 4. The molecule has 0 aliphatic heterocycles. The van der Waals surface area contributed by atoms with Crippen molar-refractivity contribution in [3.8, 4) is 56.4 Å². The van der Waals surface area contributed by atoms with E-state index in [-0.39, 0.29) is 11.4 Å². The number of methoxy groups -OCH3 is 2. The second kappa shape index (κ2) is 40.5. The van der Waals surface area contributed by atoms with Gasteiger partial charge in [-0.25, -0.2) is 44.1 Å². The Hall–Kier alpha value is -10.5. The van der Waals surface area contributed by atoms with Crippen molar-refractivity contribution in [3.63, 3.8) is 0 Å². The predicted molar refractivity (Wildman–Crippen MR) is 484 cm³/mol. The number of nitrogens with one attached hydrogen (secondary N) is 2. The molecule has 3 atom stereocenters. The molecule has 638 valence electrons. The van der Waals surface area contributed by atoms with Crippen molar-refractivity contribution in [1.29, 1.82) is 0 Å². The number of nitro groups is 1. The highest BCUT2D eigenvalue weighted by Gasteiger charge is 2.38. The van der Waals surface area contributed by atoms with Gasteiger partial charge < -0.3 is 59.4 Å². The molecule has 6 N–H and O–H groups in total. The molecule has 12 aromatic rings. The summed E-state index contributed by atoms with van der Waals surface area (Å²) in [5.74, 6) is -1.94. The van der Waals surface area contributed by atoms with Crippen LogP contribution in [-0.2, 0) is 52.2 Å². The molecule has 0 saturated heterocycles. The zero-order chi connectivity index (χ0) is 89.9. The Morgan fingerprint density at radius 2 is 0.760 bits per heavy atom. The normalized spacial score (nSPS) is 12.1. The lowest BCUT2D eigenvalue weighted by atomic mass is 9.89. The molecule has 0 bridgehead atoms. The van der Waals surface area contributed by atoms with E-state index in [0.29, 0.717) is 120 Å². The molecule has 0 spiro atoms. The summed E-state index contributed by atoms with van der Waals surface area (Å²) in [6.45, 7) is 27.6. The number of nitro benzene ring substituents is 1. The number of nitrogens with two attached hydrogens (primary N) is 1. The van der Waals surface area contributed by atoms with Gasteiger partial charge in [-0.3, -0.25) is 10.1 Å². The molecular formula is C90H96Cl7N11O13. The SMILES string of the molecule is CNc1cc(Cl)ccc1N.CNc1cc(Cl)ccc1[N+](=O)[O-].COC(=O)[C@@H](OC(C)(C)C)c1c(C)nc(-c2nc3ccc(Cl)cc3n2C)c(C)c1-c1ccc(Cl)cc1.COC(=O)[C@@H](OC(C)(C)C)c1c(C)nc(C(=O)O)c(C)c1-c1ccc(Cl)cc1.Cc1nc(-c2nc3ccc(Cl)cc3n2C)c(C)c(-c2ccc(Cl)cc2)c1[C@H](OC(C)(C)C)C(=O)O. The van der Waals surface area contributed by atoms with Gasteiger partial charge in [0.2, 0.25) is 0 Å². The van der Waals surface area contributed by atoms with Gasteiger partial charge >= 0.3 is 23.9 Å². The number of anilines is 3. The molecule has 0 saturated carbocycles. The first-order valence-corrected chi connectivity index (χ1v) is 40.3. The fourth-order valence-electron chi connectivity index (χ4n) is 13.3. The predicted octanol–water partition coefficient (Wildman–Crippen LogP) is 23.4. The van der Waals surface area contributed by atoms with Gasteiger partial charge in [-0.05, 0) is 257 Å². The van der Waals surface area contributed by atoms with Crippen LogP contribution in [0.1, 0.15) is 142 Å². The Balaban J connectivity index is 0.000000201. The molecule has 0 aliphatic carbocycles. The number of carboxylic acids is 2. The number of aromatic carboxylic acids is 1. The fraction of sp³-hybridized carbons (Fsp3) is 0.300. The Morgan fingerprint density at radius 3 is 1.09 bits per heavy atom. The first-order valence-electron chi connectivity index (χ1n) is 37.7. The van der Waals surface area contributed by atoms with Crippen LogP contribution in [0.25, 0.3) is 78.5 Å². The number of esters is 2. The molecule has 121 heavy (non-hydrogen) atoms. The molecule has 0 fully saturated rings. The third kappa shape index (κ3) is 23.8. The van der Waals surface area contributed by atoms with Crippen molar-refractivity contribution in [1.82, 2.24) is 34.1 Å². The summed E-state index contributed by atoms with van der Waals surface area (Å²) in [6.07, 6.45) is -3.25. The highest BCUT2D eigenvalue weighted by Crippen LogP contribution is 2.45. The highest BCUT2D eigenvalue weighted by atomic mass is 35.5. The lowest BCUT2D eigenvalue weighted by Crippen LogP contribution is -2.29. The number of aromatic nitrogens is 7. The number of carboxylic acid groups (broad SMARTS) is 2. The molecular weight excluding hydrogens is 1690 g/mol. The number of hydrogen-bond acceptors (Lipinski definition) is 19. The zero-order valence-corrected chi connectivity index (χ0v) is 76.1. The van der Waals surface area contributed by atoms with E-state index < -0.39 is 63.9 Å². The van der Waals surface area contributed by atoms with Crippen LogP contribution in [0.15, 0.2) is 146 Å². The molecule has 12 rings (SSSR count). The number of imidazole rings is 2. The molecule has 5 heterocycles. The van der Waals surface area contributed by atoms with Gasteiger partial charge in [0.05, 0.1) is 69.4 Å². The Morgan fingerprint density at radius 1 is 0.446 bits per heavy atom. The number of hydrogen-bond donors (Lipinski definition) is 5. The molecule has 5 aromatic heterocycles. The van der Waals surface area contributed by atoms with E-state index in [1.54, 1.807) is 88.5 Å². The maximum Gasteiger partial charge on any atom is 0.354 e. The van der Waals surface area contributed by atoms with Crippen molar-refractivity contribution >= 4 is 150 Å². The van der Waals surface area contributed by atoms with Gasteiger partial charge in [0, 0.05) is 103 Å². The summed E-state index contributed by atoms with van der Waals surface area (Å²) in [5, 5.41) is 39.9. The number of rotatable bonds is 18. The van der Waals surface area contributed by atoms with Crippen LogP contribution in [0, 0.1) is 51.7 Å². The number of carbonyl (C=O) groups excluding carboxylic acids is 2. The summed E-state index contributed by atoms with van der Waals surface area (Å²) in [6, 6.07) is 42.6. The van der Waals surface area contributed by atoms with Gasteiger partial charge in [0.1, 0.15) is 17.1 Å². The minimum Gasteiger partial charge on any atom is -0.479 e. The van der Waals surface area contributed by atoms with Gasteiger partial charge in [0.25, 0.3) is 5.69 Å². The van der Waals surface area contributed by atoms with Gasteiger partial charge in [0.15, 0.2) is 35.7 Å². The lowest BCUT2D eigenvalue weighted by Gasteiger charge is -2.29. The molecule has 7 aromatic carbocycles. The average molecular weight is 1790 g/mol. The first-order chi connectivity index (χ1) is 56.6. The van der Waals surface area contributed by atoms with E-state index in [1.165, 1.54) is 32.4 Å². The van der Waals surface area contributed by atoms with Crippen molar-refractivity contribution in [2.24, 2.45) is 14.1 Å². The third-order valence-electron chi connectivity index (χ3n) is 18.7. The number of pyridine rings is 3. The maximum atomic E-state index is 13.0. The number of nitrogens with zero attached hydrogens (tertiary/aromatic N) is 8. The minimum atomic E-state index is -1.21. The quantitative estimate of drug-likeness (QED) is 0.0231. The number of ether oxygens (including phenoxy) is 5. The summed E-state index contributed by atoms with van der Waals surface area (Å²) in [5.41, 5.74) is 20.2. The number of aryl methyl sites for hydroxylation is 5. The van der Waals surface area contributed by atoms with Crippen LogP contribution in [0.3, 0.4) is 0 Å². The highest BCUT2D eigenvalue weighted by molar-refractivity contribution is 6.33. The van der Waals surface area contributed by atoms with Crippen molar-refractivity contribution in [2.45, 2.75) is 139 Å². The van der Waals surface area contributed by atoms with E-state index in [2.05, 4.69) is 15.6 Å². The van der Waals surface area contributed by atoms with Crippen LogP contribution in [-0.4, -0.2) is 118 Å². The van der Waals surface area contributed by atoms with E-state index in [0.717, 1.165) is 61.1 Å². The fourth-order valence-corrected chi connectivity index (χ4v) is 14.4. The summed E-state index contributed by atoms with van der Waals surface area (Å²) in [4.78, 5) is 83.5. The van der Waals surface area contributed by atoms with Crippen LogP contribution in [0.4, 0.5) is 22.7 Å². The lowest BCUT2D eigenvalue weighted by molar-refractivity contribution is -0.383. The molecule has 0 aliphatic rings. The van der Waals surface area contributed by atoms with Crippen LogP contribution >= 0.6 is 81.2 Å². The van der Waals surface area contributed by atoms with E-state index >= 15 is 0 Å². The Bertz CT molecular complexity index is 5850. The molecule has 0 radical (unpaired) electrons. The van der Waals surface area contributed by atoms with Crippen molar-refractivity contribution in [3.05, 3.63) is 247 Å². The Labute approximate surface area is 738 Å². The second-order valence-corrected chi connectivity index (χ2v) is 33.9. The van der Waals surface area contributed by atoms with Gasteiger partial charge in [-0.15, -0.1) is 0 Å². The summed E-state index contributed by atoms with van der Waals surface area (Å²) in [7, 11) is 9.91. The molecule has 0 unspecified atom stereocenters. The number of halogens is 7. The van der Waals surface area contributed by atoms with Crippen LogP contribution < -0.4 is 16.4 Å². The molecule has 24 nitrogen and oxygen atoms in total. The summed E-state index contributed by atoms with van der Waals surface area (Å²) >= 11 is 42.2. The molecule has 0 amide bonds. The van der Waals surface area contributed by atoms with Crippen molar-refractivity contribution in [2.75, 3.05) is 44.7 Å². The number of aliphatic carboxylic acids is 1. The van der Waals surface area contributed by atoms with E-state index in [1.807, 2.05) is 180 Å². The summed E-state index contributed by atoms with van der Waals surface area (Å²) < 4.78 is 32.3. The monoisotopic (exact) mass is 1780 g/mol. The van der Waals surface area contributed by atoms with Crippen LogP contribution in [0.5, 0.6) is 0 Å². The standard InChI is InChI=1S/C28H29Cl2N3O3.C27H27Cl2N3O3.C21H24ClNO5.C7H7ClN2O2.C7H9ClN2/c1-15-22(17-8-10-18(29)11-9-17)23(25(27(34)35-7)36-28(3,4)5)16(2)31-24(15)26-32-20-13-12-19(30)14-21(20)33(26)6;1-14-21(16-7-9-17(28)10-8-16)22(24(26(33)34)35-27(3,4)5)15(2)30-23(14)25-31-19-12-11-18(29)13-20(19)32(25)6;1-11-15(13-7-9-14(22)10-8-13)16(12(2)23-17(11)19(24)25)18(20(26)27-6)28-21(3,4)5;1-9-6-4-5(8)2-3-7(6)10(11)12;1-10-7-4-5(8)2-3-6(7)9/h8-14,25H,1-7H3;7-13,24H,1-6H3,(H,33,34);7-10,18H,1-6H3,(H,24,25);2-4,9H,1H3;2-4,10H,9H2,1H3/t25-;24-;18-;;/m000../s1. The first kappa shape index (κ1) is 96.0. The molecule has 31 heteroatoms. The largest absolute Gasteiger partial charge is 0.479 e. The maximum absolute atomic E-state index is 13.0. The number of fused-ring (bicyclic) bond motifs is 2. The number of benzene rings is 7. The third-order valence-corrected chi connectivity index (χ3v) is 20.4. The van der Waals surface area contributed by atoms with E-state index in [4.69, 9.17) is 131 Å². The van der Waals surface area contributed by atoms with E-state index in [9.17, 15) is 39.5 Å². The topological polar surface area (TPSA) is 322 Å². The average Bonchev–Trinajstić information content (AvgIpc) is 1.65. The zero-order valence-electron chi connectivity index (χ0n) is 70.8. The minimum absolute atomic E-state index is 0.0295. The van der Waals surface area contributed by atoms with Gasteiger partial charge in [-0.2, -0.15) is 0 Å². The Kier molecular flexibility index (Phi) is 32.1. The smallest absolute Gasteiger partial charge is 0.354 e. The van der Waals surface area contributed by atoms with Crippen molar-refractivity contribution < 1.29 is 58.0 Å². The second-order valence-electron chi connectivity index (χ2n) is 30.8.